The summed E-state index contributed by atoms with van der Waals surface area (Å²) in [6.45, 7) is 9.01. The van der Waals surface area contributed by atoms with Gasteiger partial charge in [-0.25, -0.2) is 0 Å². The Morgan fingerprint density at radius 2 is 2.17 bits per heavy atom. The van der Waals surface area contributed by atoms with Gasteiger partial charge in [0.15, 0.2) is 0 Å². The van der Waals surface area contributed by atoms with Gasteiger partial charge in [0.2, 0.25) is 0 Å². The molecule has 0 spiro atoms. The summed E-state index contributed by atoms with van der Waals surface area (Å²) in [5.41, 5.74) is 0. The highest BCUT2D eigenvalue weighted by Gasteiger charge is 2.02. The lowest BCUT2D eigenvalue weighted by Gasteiger charge is -2.08. The van der Waals surface area contributed by atoms with E-state index in [2.05, 4.69) is 13.2 Å². The van der Waals surface area contributed by atoms with Crippen molar-refractivity contribution in [2.75, 3.05) is 6.61 Å². The molecule has 12 heavy (non-hydrogen) atoms. The molecular formula is C10H18O2. The summed E-state index contributed by atoms with van der Waals surface area (Å²) in [5.74, 6) is -0.0442. The van der Waals surface area contributed by atoms with Crippen LogP contribution in [0.1, 0.15) is 20.8 Å². The highest BCUT2D eigenvalue weighted by atomic mass is 16.5. The largest absolute Gasteiger partial charge is 0.465 e. The number of esters is 1. The molecule has 0 N–H and O–H groups in total. The second-order valence-corrected chi connectivity index (χ2v) is 2.32. The molecule has 0 saturated carbocycles. The van der Waals surface area contributed by atoms with Gasteiger partial charge in [0.05, 0.1) is 6.61 Å². The molecule has 0 fully saturated rings. The number of hydrogen-bond acceptors (Lipinski definition) is 2. The van der Waals surface area contributed by atoms with Crippen LogP contribution in [-0.4, -0.2) is 12.6 Å². The van der Waals surface area contributed by atoms with E-state index < -0.39 is 0 Å². The van der Waals surface area contributed by atoms with Crippen molar-refractivity contribution in [3.8, 4) is 0 Å². The molecule has 0 bridgehead atoms. The molecule has 2 heteroatoms. The summed E-state index contributed by atoms with van der Waals surface area (Å²) < 4.78 is 4.79. The molecule has 0 heterocycles. The van der Waals surface area contributed by atoms with Crippen LogP contribution in [-0.2, 0) is 9.53 Å². The van der Waals surface area contributed by atoms with Crippen LogP contribution in [0.5, 0.6) is 0 Å². The van der Waals surface area contributed by atoms with Crippen LogP contribution in [0.3, 0.4) is 0 Å². The third kappa shape index (κ3) is 7.06. The van der Waals surface area contributed by atoms with Crippen LogP contribution in [0.25, 0.3) is 0 Å². The standard InChI is InChI=1S/C9H14O2.CH4/c1-4-6-9(5-2)7-11-8(3)10;/h4-5,9H,1-2,6-7H2,3H3;1H4. The Bertz CT molecular complexity index is 150. The fourth-order valence-corrected chi connectivity index (χ4v) is 0.671. The number of hydrogen-bond donors (Lipinski definition) is 0. The first-order chi connectivity index (χ1) is 5.20. The molecule has 2 nitrogen and oxygen atoms in total. The predicted molar refractivity (Wildman–Crippen MR) is 51.9 cm³/mol. The first-order valence-corrected chi connectivity index (χ1v) is 3.57. The van der Waals surface area contributed by atoms with Gasteiger partial charge in [-0.05, 0) is 6.42 Å². The van der Waals surface area contributed by atoms with Gasteiger partial charge in [-0.1, -0.05) is 19.6 Å². The molecule has 0 aromatic heterocycles. The van der Waals surface area contributed by atoms with Gasteiger partial charge < -0.3 is 4.74 Å². The van der Waals surface area contributed by atoms with Gasteiger partial charge in [-0.15, -0.1) is 13.2 Å². The van der Waals surface area contributed by atoms with E-state index in [9.17, 15) is 4.79 Å². The van der Waals surface area contributed by atoms with E-state index in [4.69, 9.17) is 4.74 Å². The Morgan fingerprint density at radius 1 is 1.58 bits per heavy atom. The van der Waals surface area contributed by atoms with E-state index in [0.29, 0.717) is 6.61 Å². The highest BCUT2D eigenvalue weighted by Crippen LogP contribution is 2.04. The summed E-state index contributed by atoms with van der Waals surface area (Å²) in [7, 11) is 0. The highest BCUT2D eigenvalue weighted by molar-refractivity contribution is 5.65. The van der Waals surface area contributed by atoms with E-state index in [1.807, 2.05) is 0 Å². The van der Waals surface area contributed by atoms with Crippen molar-refractivity contribution in [2.24, 2.45) is 5.92 Å². The monoisotopic (exact) mass is 170 g/mol. The molecule has 0 amide bonds. The third-order valence-corrected chi connectivity index (χ3v) is 1.30. The molecule has 0 radical (unpaired) electrons. The van der Waals surface area contributed by atoms with Gasteiger partial charge in [0.25, 0.3) is 0 Å². The Balaban J connectivity index is 0. The molecule has 0 saturated heterocycles. The summed E-state index contributed by atoms with van der Waals surface area (Å²) in [5, 5.41) is 0. The van der Waals surface area contributed by atoms with Crippen LogP contribution in [0.2, 0.25) is 0 Å². The van der Waals surface area contributed by atoms with Crippen LogP contribution in [0.4, 0.5) is 0 Å². The zero-order valence-electron chi connectivity index (χ0n) is 6.88. The first kappa shape index (κ1) is 13.5. The van der Waals surface area contributed by atoms with Crippen molar-refractivity contribution in [1.82, 2.24) is 0 Å². The second kappa shape index (κ2) is 8.05. The lowest BCUT2D eigenvalue weighted by Crippen LogP contribution is -2.09. The fraction of sp³-hybridized carbons (Fsp3) is 0.500. The van der Waals surface area contributed by atoms with Gasteiger partial charge in [-0.3, -0.25) is 4.79 Å². The molecule has 0 aliphatic rings. The maximum atomic E-state index is 10.4. The molecule has 0 rings (SSSR count). The van der Waals surface area contributed by atoms with Crippen LogP contribution >= 0.6 is 0 Å². The van der Waals surface area contributed by atoms with Crippen LogP contribution in [0.15, 0.2) is 25.3 Å². The van der Waals surface area contributed by atoms with Gasteiger partial charge in [0.1, 0.15) is 0 Å². The lowest BCUT2D eigenvalue weighted by atomic mass is 10.1. The normalized spacial score (nSPS) is 10.8. The molecule has 1 atom stereocenters. The summed E-state index contributed by atoms with van der Waals surface area (Å²) in [4.78, 5) is 10.4. The smallest absolute Gasteiger partial charge is 0.302 e. The van der Waals surface area contributed by atoms with Crippen molar-refractivity contribution in [3.05, 3.63) is 25.3 Å². The first-order valence-electron chi connectivity index (χ1n) is 3.57. The Morgan fingerprint density at radius 3 is 2.50 bits per heavy atom. The Hall–Kier alpha value is -1.05. The fourth-order valence-electron chi connectivity index (χ4n) is 0.671. The molecule has 70 valence electrons. The molecule has 0 aromatic carbocycles. The lowest BCUT2D eigenvalue weighted by molar-refractivity contribution is -0.141. The van der Waals surface area contributed by atoms with Crippen LogP contribution < -0.4 is 0 Å². The summed E-state index contributed by atoms with van der Waals surface area (Å²) in [6.07, 6.45) is 4.36. The SMILES string of the molecule is C.C=CCC(C=C)COC(C)=O. The van der Waals surface area contributed by atoms with Crippen LogP contribution in [0, 0.1) is 5.92 Å². The van der Waals surface area contributed by atoms with E-state index in [-0.39, 0.29) is 19.3 Å². The molecule has 0 aromatic rings. The molecule has 0 aliphatic heterocycles. The summed E-state index contributed by atoms with van der Waals surface area (Å²) in [6, 6.07) is 0. The number of carbonyl (C=O) groups is 1. The maximum absolute atomic E-state index is 10.4. The topological polar surface area (TPSA) is 26.3 Å². The van der Waals surface area contributed by atoms with Crippen molar-refractivity contribution in [2.45, 2.75) is 20.8 Å². The average molecular weight is 170 g/mol. The molecular weight excluding hydrogens is 152 g/mol. The number of carbonyl (C=O) groups excluding carboxylic acids is 1. The summed E-state index contributed by atoms with van der Waals surface area (Å²) >= 11 is 0. The third-order valence-electron chi connectivity index (χ3n) is 1.30. The predicted octanol–water partition coefficient (Wildman–Crippen LogP) is 2.56. The van der Waals surface area contributed by atoms with Crippen molar-refractivity contribution in [3.63, 3.8) is 0 Å². The molecule has 0 aliphatic carbocycles. The van der Waals surface area contributed by atoms with Gasteiger partial charge in [0, 0.05) is 12.8 Å². The van der Waals surface area contributed by atoms with Crippen molar-refractivity contribution in [1.29, 1.82) is 0 Å². The number of ether oxygens (including phenoxy) is 1. The van der Waals surface area contributed by atoms with E-state index in [1.165, 1.54) is 6.92 Å². The minimum atomic E-state index is -0.249. The van der Waals surface area contributed by atoms with Gasteiger partial charge in [-0.2, -0.15) is 0 Å². The average Bonchev–Trinajstić information content (AvgIpc) is 1.97. The zero-order chi connectivity index (χ0) is 8.69. The van der Waals surface area contributed by atoms with E-state index in [0.717, 1.165) is 6.42 Å². The van der Waals surface area contributed by atoms with Crippen molar-refractivity contribution < 1.29 is 9.53 Å². The Kier molecular flexibility index (Phi) is 9.08. The molecule has 1 unspecified atom stereocenters. The number of rotatable bonds is 5. The zero-order valence-corrected chi connectivity index (χ0v) is 6.88. The van der Waals surface area contributed by atoms with Gasteiger partial charge >= 0.3 is 5.97 Å². The maximum Gasteiger partial charge on any atom is 0.302 e. The minimum Gasteiger partial charge on any atom is -0.465 e. The minimum absolute atomic E-state index is 0. The van der Waals surface area contributed by atoms with E-state index in [1.54, 1.807) is 12.2 Å². The number of allylic oxidation sites excluding steroid dienone is 1. The van der Waals surface area contributed by atoms with Crippen molar-refractivity contribution >= 4 is 5.97 Å². The second-order valence-electron chi connectivity index (χ2n) is 2.32. The quantitative estimate of drug-likeness (QED) is 0.468. The Labute approximate surface area is 74.9 Å². The van der Waals surface area contributed by atoms with E-state index >= 15 is 0 Å².